The SMILES string of the molecule is CCC(C)C(=O)c1csc(C)c1C. The number of aryl methyl sites for hydroxylation is 1. The quantitative estimate of drug-likeness (QED) is 0.675. The maximum absolute atomic E-state index is 11.8. The van der Waals surface area contributed by atoms with Gasteiger partial charge in [0.05, 0.1) is 0 Å². The standard InChI is InChI=1S/C11H16OS/c1-5-7(2)11(12)10-6-13-9(4)8(10)3/h6-7H,5H2,1-4H3. The number of carbonyl (C=O) groups is 1. The van der Waals surface area contributed by atoms with Crippen molar-refractivity contribution < 1.29 is 4.79 Å². The second kappa shape index (κ2) is 4.05. The predicted octanol–water partition coefficient (Wildman–Crippen LogP) is 3.59. The number of carbonyl (C=O) groups excluding carboxylic acids is 1. The van der Waals surface area contributed by atoms with Crippen molar-refractivity contribution in [3.63, 3.8) is 0 Å². The van der Waals surface area contributed by atoms with Gasteiger partial charge in [-0.15, -0.1) is 11.3 Å². The molecule has 0 saturated carbocycles. The lowest BCUT2D eigenvalue weighted by atomic mass is 9.96. The molecule has 0 bridgehead atoms. The van der Waals surface area contributed by atoms with E-state index in [0.29, 0.717) is 5.78 Å². The molecule has 0 spiro atoms. The molecule has 0 fully saturated rings. The summed E-state index contributed by atoms with van der Waals surface area (Å²) in [4.78, 5) is 13.1. The molecular weight excluding hydrogens is 180 g/mol. The molecule has 13 heavy (non-hydrogen) atoms. The fourth-order valence-corrected chi connectivity index (χ4v) is 2.08. The van der Waals surface area contributed by atoms with Crippen molar-refractivity contribution in [2.75, 3.05) is 0 Å². The van der Waals surface area contributed by atoms with E-state index in [1.807, 2.05) is 19.2 Å². The lowest BCUT2D eigenvalue weighted by Crippen LogP contribution is -2.10. The van der Waals surface area contributed by atoms with Crippen molar-refractivity contribution in [2.24, 2.45) is 5.92 Å². The van der Waals surface area contributed by atoms with Gasteiger partial charge in [-0.25, -0.2) is 0 Å². The van der Waals surface area contributed by atoms with Crippen LogP contribution in [0.4, 0.5) is 0 Å². The molecule has 2 heteroatoms. The first-order chi connectivity index (χ1) is 6.07. The second-order valence-electron chi connectivity index (χ2n) is 3.50. The zero-order valence-corrected chi connectivity index (χ0v) is 9.49. The third-order valence-corrected chi connectivity index (χ3v) is 3.62. The topological polar surface area (TPSA) is 17.1 Å². The van der Waals surface area contributed by atoms with E-state index in [9.17, 15) is 4.79 Å². The molecule has 72 valence electrons. The van der Waals surface area contributed by atoms with Crippen molar-refractivity contribution in [3.8, 4) is 0 Å². The molecule has 1 aromatic rings. The molecule has 0 N–H and O–H groups in total. The summed E-state index contributed by atoms with van der Waals surface area (Å²) in [6, 6.07) is 0. The molecule has 0 amide bonds. The Morgan fingerprint density at radius 2 is 2.15 bits per heavy atom. The number of hydrogen-bond acceptors (Lipinski definition) is 2. The summed E-state index contributed by atoms with van der Waals surface area (Å²) in [7, 11) is 0. The first-order valence-electron chi connectivity index (χ1n) is 4.66. The van der Waals surface area contributed by atoms with Gasteiger partial charge in [-0.2, -0.15) is 0 Å². The molecule has 1 aromatic heterocycles. The van der Waals surface area contributed by atoms with E-state index in [1.165, 1.54) is 4.88 Å². The summed E-state index contributed by atoms with van der Waals surface area (Å²) in [5.41, 5.74) is 2.09. The normalized spacial score (nSPS) is 12.9. The van der Waals surface area contributed by atoms with Gasteiger partial charge >= 0.3 is 0 Å². The van der Waals surface area contributed by atoms with Crippen LogP contribution >= 0.6 is 11.3 Å². The third-order valence-electron chi connectivity index (χ3n) is 2.61. The van der Waals surface area contributed by atoms with Gasteiger partial charge in [0.2, 0.25) is 0 Å². The zero-order valence-electron chi connectivity index (χ0n) is 8.68. The first kappa shape index (κ1) is 10.5. The van der Waals surface area contributed by atoms with Gasteiger partial charge in [-0.05, 0) is 25.8 Å². The molecule has 0 aliphatic carbocycles. The van der Waals surface area contributed by atoms with E-state index >= 15 is 0 Å². The lowest BCUT2D eigenvalue weighted by molar-refractivity contribution is 0.0927. The number of ketones is 1. The summed E-state index contributed by atoms with van der Waals surface area (Å²) in [6.07, 6.45) is 0.924. The molecule has 0 radical (unpaired) electrons. The second-order valence-corrected chi connectivity index (χ2v) is 4.59. The van der Waals surface area contributed by atoms with Crippen molar-refractivity contribution >= 4 is 17.1 Å². The van der Waals surface area contributed by atoms with E-state index in [0.717, 1.165) is 17.5 Å². The maximum atomic E-state index is 11.8. The summed E-state index contributed by atoms with van der Waals surface area (Å²) < 4.78 is 0. The number of rotatable bonds is 3. The Bertz CT molecular complexity index is 312. The van der Waals surface area contributed by atoms with Crippen molar-refractivity contribution in [1.29, 1.82) is 0 Å². The van der Waals surface area contributed by atoms with Crippen LogP contribution in [0.25, 0.3) is 0 Å². The largest absolute Gasteiger partial charge is 0.294 e. The number of hydrogen-bond donors (Lipinski definition) is 0. The average Bonchev–Trinajstić information content (AvgIpc) is 2.45. The molecule has 1 heterocycles. The van der Waals surface area contributed by atoms with Crippen LogP contribution < -0.4 is 0 Å². The van der Waals surface area contributed by atoms with Crippen LogP contribution in [0.1, 0.15) is 41.1 Å². The van der Waals surface area contributed by atoms with Crippen molar-refractivity contribution in [1.82, 2.24) is 0 Å². The van der Waals surface area contributed by atoms with E-state index in [4.69, 9.17) is 0 Å². The first-order valence-corrected chi connectivity index (χ1v) is 5.54. The fraction of sp³-hybridized carbons (Fsp3) is 0.545. The van der Waals surface area contributed by atoms with Gasteiger partial charge in [-0.1, -0.05) is 13.8 Å². The smallest absolute Gasteiger partial charge is 0.166 e. The van der Waals surface area contributed by atoms with Crippen LogP contribution in [-0.2, 0) is 0 Å². The summed E-state index contributed by atoms with van der Waals surface area (Å²) in [5, 5.41) is 1.99. The van der Waals surface area contributed by atoms with Crippen LogP contribution in [0.2, 0.25) is 0 Å². The van der Waals surface area contributed by atoms with Crippen molar-refractivity contribution in [3.05, 3.63) is 21.4 Å². The van der Waals surface area contributed by atoms with Crippen LogP contribution in [0.3, 0.4) is 0 Å². The average molecular weight is 196 g/mol. The minimum Gasteiger partial charge on any atom is -0.294 e. The van der Waals surface area contributed by atoms with E-state index in [1.54, 1.807) is 11.3 Å². The molecule has 0 aliphatic heterocycles. The Balaban J connectivity index is 2.95. The van der Waals surface area contributed by atoms with E-state index < -0.39 is 0 Å². The van der Waals surface area contributed by atoms with Gasteiger partial charge in [-0.3, -0.25) is 4.79 Å². The molecule has 0 aromatic carbocycles. The third kappa shape index (κ3) is 1.99. The highest BCUT2D eigenvalue weighted by Gasteiger charge is 2.17. The minimum absolute atomic E-state index is 0.160. The Kier molecular flexibility index (Phi) is 3.26. The van der Waals surface area contributed by atoms with Gasteiger partial charge in [0.25, 0.3) is 0 Å². The van der Waals surface area contributed by atoms with E-state index in [-0.39, 0.29) is 5.92 Å². The highest BCUT2D eigenvalue weighted by Crippen LogP contribution is 2.23. The Morgan fingerprint density at radius 3 is 2.54 bits per heavy atom. The zero-order chi connectivity index (χ0) is 10.0. The fourth-order valence-electron chi connectivity index (χ4n) is 1.21. The Labute approximate surface area is 83.8 Å². The number of Topliss-reactive ketones (excluding diaryl/α,β-unsaturated/α-hetero) is 1. The molecule has 1 unspecified atom stereocenters. The van der Waals surface area contributed by atoms with Crippen LogP contribution in [0, 0.1) is 19.8 Å². The van der Waals surface area contributed by atoms with Crippen LogP contribution in [-0.4, -0.2) is 5.78 Å². The summed E-state index contributed by atoms with van der Waals surface area (Å²) in [5.74, 6) is 0.456. The summed E-state index contributed by atoms with van der Waals surface area (Å²) in [6.45, 7) is 8.14. The van der Waals surface area contributed by atoms with Crippen LogP contribution in [0.5, 0.6) is 0 Å². The highest BCUT2D eigenvalue weighted by atomic mass is 32.1. The molecule has 1 nitrogen and oxygen atoms in total. The molecule has 1 rings (SSSR count). The molecular formula is C11H16OS. The van der Waals surface area contributed by atoms with Gasteiger partial charge in [0, 0.05) is 21.7 Å². The van der Waals surface area contributed by atoms with Gasteiger partial charge in [0.15, 0.2) is 5.78 Å². The monoisotopic (exact) mass is 196 g/mol. The number of thiophene rings is 1. The van der Waals surface area contributed by atoms with Gasteiger partial charge in [0.1, 0.15) is 0 Å². The lowest BCUT2D eigenvalue weighted by Gasteiger charge is -2.06. The van der Waals surface area contributed by atoms with Gasteiger partial charge < -0.3 is 0 Å². The molecule has 1 atom stereocenters. The maximum Gasteiger partial charge on any atom is 0.166 e. The van der Waals surface area contributed by atoms with E-state index in [2.05, 4.69) is 13.8 Å². The summed E-state index contributed by atoms with van der Waals surface area (Å²) >= 11 is 1.67. The molecule has 0 saturated heterocycles. The highest BCUT2D eigenvalue weighted by molar-refractivity contribution is 7.10. The Morgan fingerprint density at radius 1 is 1.54 bits per heavy atom. The van der Waals surface area contributed by atoms with Crippen LogP contribution in [0.15, 0.2) is 5.38 Å². The minimum atomic E-state index is 0.160. The predicted molar refractivity (Wildman–Crippen MR) is 57.6 cm³/mol. The van der Waals surface area contributed by atoms with Crippen molar-refractivity contribution in [2.45, 2.75) is 34.1 Å². The molecule has 0 aliphatic rings. The Hall–Kier alpha value is -0.630.